The minimum atomic E-state index is -0.665. The lowest BCUT2D eigenvalue weighted by atomic mass is 10.2. The van der Waals surface area contributed by atoms with E-state index in [1.165, 1.54) is 11.3 Å². The topological polar surface area (TPSA) is 64.8 Å². The molecule has 1 heterocycles. The Hall–Kier alpha value is -2.35. The maximum absolute atomic E-state index is 11.3. The maximum atomic E-state index is 11.3. The summed E-state index contributed by atoms with van der Waals surface area (Å²) in [4.78, 5) is 12.5. The number of thiophene rings is 1. The molecular weight excluding hydrogens is 440 g/mol. The van der Waals surface area contributed by atoms with Crippen molar-refractivity contribution < 1.29 is 14.3 Å². The Balaban J connectivity index is 1.71. The summed E-state index contributed by atoms with van der Waals surface area (Å²) in [6.07, 6.45) is 2.23. The van der Waals surface area contributed by atoms with Crippen molar-refractivity contribution in [1.29, 1.82) is 0 Å². The largest absolute Gasteiger partial charge is 0.455 e. The summed E-state index contributed by atoms with van der Waals surface area (Å²) in [6.45, 7) is 2.12. The molecule has 0 aliphatic carbocycles. The summed E-state index contributed by atoms with van der Waals surface area (Å²) >= 11 is 11.7. The number of nitrogens with two attached hydrogens (primary N) is 1. The third kappa shape index (κ3) is 6.08. The van der Waals surface area contributed by atoms with E-state index in [9.17, 15) is 4.79 Å². The van der Waals surface area contributed by atoms with Gasteiger partial charge in [0, 0.05) is 17.4 Å². The number of thiol groups is 1. The van der Waals surface area contributed by atoms with Gasteiger partial charge in [-0.2, -0.15) is 0 Å². The highest BCUT2D eigenvalue weighted by molar-refractivity contribution is 7.82. The van der Waals surface area contributed by atoms with Crippen LogP contribution in [0.5, 0.6) is 11.5 Å². The molecule has 0 bridgehead atoms. The molecular formula is C22H23ClN2O3S2. The van der Waals surface area contributed by atoms with E-state index < -0.39 is 12.3 Å². The lowest BCUT2D eigenvalue weighted by molar-refractivity contribution is -0.00206. The van der Waals surface area contributed by atoms with Gasteiger partial charge in [-0.25, -0.2) is 9.10 Å². The number of nitrogens with zero attached hydrogens (tertiary/aromatic N) is 1. The molecule has 0 aliphatic rings. The molecule has 2 N–H and O–H groups in total. The summed E-state index contributed by atoms with van der Waals surface area (Å²) in [7, 11) is 0. The first kappa shape index (κ1) is 22.3. The quantitative estimate of drug-likeness (QED) is 0.272. The number of primary amides is 1. The molecule has 1 unspecified atom stereocenters. The van der Waals surface area contributed by atoms with Gasteiger partial charge >= 0.3 is 6.03 Å². The number of unbranched alkanes of at least 4 members (excludes halogenated alkanes) is 1. The van der Waals surface area contributed by atoms with Crippen molar-refractivity contribution in [1.82, 2.24) is 0 Å². The summed E-state index contributed by atoms with van der Waals surface area (Å²) in [5.41, 5.74) is 6.89. The lowest BCUT2D eigenvalue weighted by Gasteiger charge is -2.21. The summed E-state index contributed by atoms with van der Waals surface area (Å²) < 4.78 is 14.0. The van der Waals surface area contributed by atoms with Crippen LogP contribution < -0.4 is 19.5 Å². The molecule has 3 aromatic rings. The summed E-state index contributed by atoms with van der Waals surface area (Å²) in [5.74, 6) is 1.28. The summed E-state index contributed by atoms with van der Waals surface area (Å²) in [5, 5.41) is 0. The number of carbonyl (C=O) groups is 1. The van der Waals surface area contributed by atoms with E-state index in [1.807, 2.05) is 36.4 Å². The van der Waals surface area contributed by atoms with Gasteiger partial charge in [-0.3, -0.25) is 0 Å². The van der Waals surface area contributed by atoms with Crippen LogP contribution in [-0.2, 0) is 0 Å². The SMILES string of the molecule is CCCCC(Oc1ccc(-c2ccc(Cl)s2)cc1)Oc1cccc(N(S)C(N)=O)c1. The molecule has 0 aliphatic heterocycles. The van der Waals surface area contributed by atoms with Crippen LogP contribution in [0, 0.1) is 0 Å². The zero-order valence-corrected chi connectivity index (χ0v) is 18.9. The van der Waals surface area contributed by atoms with E-state index in [2.05, 4.69) is 19.7 Å². The lowest BCUT2D eigenvalue weighted by Crippen LogP contribution is -2.27. The molecule has 2 aromatic carbocycles. The number of carbonyl (C=O) groups excluding carboxylic acids is 1. The molecule has 0 saturated carbocycles. The molecule has 1 atom stereocenters. The molecule has 30 heavy (non-hydrogen) atoms. The van der Waals surface area contributed by atoms with Gasteiger partial charge in [0.15, 0.2) is 0 Å². The average Bonchev–Trinajstić information content (AvgIpc) is 3.18. The predicted octanol–water partition coefficient (Wildman–Crippen LogP) is 6.77. The van der Waals surface area contributed by atoms with Crippen LogP contribution in [-0.4, -0.2) is 12.3 Å². The number of ether oxygens (including phenoxy) is 2. The van der Waals surface area contributed by atoms with Gasteiger partial charge < -0.3 is 15.2 Å². The zero-order chi connectivity index (χ0) is 21.5. The molecule has 8 heteroatoms. The molecule has 0 saturated heterocycles. The number of halogens is 1. The Morgan fingerprint density at radius 3 is 2.50 bits per heavy atom. The van der Waals surface area contributed by atoms with E-state index in [-0.39, 0.29) is 0 Å². The van der Waals surface area contributed by atoms with Crippen LogP contribution in [0.15, 0.2) is 60.7 Å². The molecule has 5 nitrogen and oxygen atoms in total. The Labute approximate surface area is 190 Å². The zero-order valence-electron chi connectivity index (χ0n) is 16.5. The van der Waals surface area contributed by atoms with Crippen molar-refractivity contribution in [3.8, 4) is 21.9 Å². The third-order valence-corrected chi connectivity index (χ3v) is 6.02. The Bertz CT molecular complexity index is 979. The second-order valence-corrected chi connectivity index (χ2v) is 8.70. The molecule has 2 amide bonds. The van der Waals surface area contributed by atoms with E-state index in [4.69, 9.17) is 26.8 Å². The van der Waals surface area contributed by atoms with Gasteiger partial charge in [0.1, 0.15) is 11.5 Å². The first-order valence-electron chi connectivity index (χ1n) is 9.54. The number of urea groups is 1. The normalized spacial score (nSPS) is 11.7. The van der Waals surface area contributed by atoms with Gasteiger partial charge in [0.2, 0.25) is 6.29 Å². The fourth-order valence-corrected chi connectivity index (χ4v) is 3.97. The Kier molecular flexibility index (Phi) is 7.90. The molecule has 3 rings (SSSR count). The number of benzene rings is 2. The van der Waals surface area contributed by atoms with Crippen molar-refractivity contribution in [3.05, 3.63) is 65.0 Å². The monoisotopic (exact) mass is 462 g/mol. The Morgan fingerprint density at radius 1 is 1.13 bits per heavy atom. The summed E-state index contributed by atoms with van der Waals surface area (Å²) in [6, 6.07) is 18.1. The van der Waals surface area contributed by atoms with Gasteiger partial charge in [-0.15, -0.1) is 11.3 Å². The van der Waals surface area contributed by atoms with Gasteiger partial charge in [-0.05, 0) is 60.5 Å². The van der Waals surface area contributed by atoms with Crippen LogP contribution in [0.2, 0.25) is 4.34 Å². The first-order chi connectivity index (χ1) is 14.5. The third-order valence-electron chi connectivity index (χ3n) is 4.31. The number of anilines is 1. The van der Waals surface area contributed by atoms with Crippen molar-refractivity contribution in [2.45, 2.75) is 32.5 Å². The second kappa shape index (κ2) is 10.6. The van der Waals surface area contributed by atoms with Crippen molar-refractivity contribution in [3.63, 3.8) is 0 Å². The van der Waals surface area contributed by atoms with E-state index in [0.29, 0.717) is 17.2 Å². The van der Waals surface area contributed by atoms with Crippen LogP contribution in [0.25, 0.3) is 10.4 Å². The highest BCUT2D eigenvalue weighted by Gasteiger charge is 2.15. The van der Waals surface area contributed by atoms with Gasteiger partial charge in [0.05, 0.1) is 10.0 Å². The molecule has 158 valence electrons. The van der Waals surface area contributed by atoms with Crippen LogP contribution >= 0.6 is 35.8 Å². The Morgan fingerprint density at radius 2 is 1.87 bits per heavy atom. The predicted molar refractivity (Wildman–Crippen MR) is 127 cm³/mol. The fraction of sp³-hybridized carbons (Fsp3) is 0.227. The minimum absolute atomic E-state index is 0.468. The van der Waals surface area contributed by atoms with E-state index in [1.54, 1.807) is 24.3 Å². The number of hydrogen-bond donors (Lipinski definition) is 2. The minimum Gasteiger partial charge on any atom is -0.455 e. The van der Waals surface area contributed by atoms with Crippen LogP contribution in [0.3, 0.4) is 0 Å². The number of rotatable bonds is 9. The highest BCUT2D eigenvalue weighted by Crippen LogP contribution is 2.32. The molecule has 0 spiro atoms. The highest BCUT2D eigenvalue weighted by atomic mass is 35.5. The number of hydrogen-bond acceptors (Lipinski definition) is 5. The van der Waals surface area contributed by atoms with Gasteiger partial charge in [-0.1, -0.05) is 43.8 Å². The maximum Gasteiger partial charge on any atom is 0.329 e. The van der Waals surface area contributed by atoms with Crippen molar-refractivity contribution in [2.75, 3.05) is 4.31 Å². The van der Waals surface area contributed by atoms with Crippen molar-refractivity contribution >= 4 is 47.5 Å². The molecule has 0 fully saturated rings. The van der Waals surface area contributed by atoms with E-state index in [0.717, 1.165) is 38.3 Å². The van der Waals surface area contributed by atoms with Crippen LogP contribution in [0.1, 0.15) is 26.2 Å². The molecule has 0 radical (unpaired) electrons. The average molecular weight is 463 g/mol. The van der Waals surface area contributed by atoms with Gasteiger partial charge in [0.25, 0.3) is 0 Å². The fourth-order valence-electron chi connectivity index (χ4n) is 2.80. The second-order valence-electron chi connectivity index (χ2n) is 6.58. The number of amides is 2. The van der Waals surface area contributed by atoms with Crippen molar-refractivity contribution in [2.24, 2.45) is 5.73 Å². The standard InChI is InChI=1S/C22H23ClN2O3S2/c1-2-3-7-21(28-18-6-4-5-16(14-18)25(29)22(24)26)27-17-10-8-15(9-11-17)19-12-13-20(23)30-19/h4-6,8-14,21,29H,2-3,7H2,1H3,(H2,24,26). The smallest absolute Gasteiger partial charge is 0.329 e. The molecule has 1 aromatic heterocycles. The van der Waals surface area contributed by atoms with E-state index >= 15 is 0 Å². The first-order valence-corrected chi connectivity index (χ1v) is 11.1. The van der Waals surface area contributed by atoms with Crippen LogP contribution in [0.4, 0.5) is 10.5 Å².